The van der Waals surface area contributed by atoms with Crippen LogP contribution in [0.5, 0.6) is 23.0 Å². The van der Waals surface area contributed by atoms with Crippen molar-refractivity contribution in [2.45, 2.75) is 58.7 Å². The average Bonchev–Trinajstić information content (AvgIpc) is 3.12. The standard InChI is InChI=1S/C40H44N4O7/c1-3-25-41(27-30-15-19-34(20-16-30)50-32-11-7-5-8-12-32)39(48)43(29-45)44(37-24-23-36(37)38(46)47)40(49)42(26-4-2)28-31-17-21-35(22-18-31)51-33-13-9-6-10-14-33/h5-22,29,36-37H,3-4,23-28H2,1-2H3,(H,46,47). The largest absolute Gasteiger partial charge is 0.481 e. The zero-order valence-corrected chi connectivity index (χ0v) is 29.0. The molecule has 1 fully saturated rings. The van der Waals surface area contributed by atoms with Crippen molar-refractivity contribution in [2.24, 2.45) is 5.92 Å². The fourth-order valence-electron chi connectivity index (χ4n) is 5.98. The van der Waals surface area contributed by atoms with Crippen LogP contribution in [-0.4, -0.2) is 68.5 Å². The number of carbonyl (C=O) groups is 4. The Kier molecular flexibility index (Phi) is 12.7. The van der Waals surface area contributed by atoms with Crippen molar-refractivity contribution in [3.63, 3.8) is 0 Å². The van der Waals surface area contributed by atoms with Crippen LogP contribution >= 0.6 is 0 Å². The average molecular weight is 693 g/mol. The van der Waals surface area contributed by atoms with E-state index in [2.05, 4.69) is 0 Å². The maximum atomic E-state index is 14.4. The van der Waals surface area contributed by atoms with Crippen molar-refractivity contribution >= 4 is 24.4 Å². The molecule has 0 bridgehead atoms. The quantitative estimate of drug-likeness (QED) is 0.0986. The number of carbonyl (C=O) groups excluding carboxylic acids is 3. The third-order valence-corrected chi connectivity index (χ3v) is 8.67. The fourth-order valence-corrected chi connectivity index (χ4v) is 5.98. The molecule has 1 aliphatic carbocycles. The van der Waals surface area contributed by atoms with Gasteiger partial charge in [-0.25, -0.2) is 14.6 Å². The van der Waals surface area contributed by atoms with Gasteiger partial charge in [0.1, 0.15) is 23.0 Å². The molecule has 0 spiro atoms. The molecule has 1 saturated carbocycles. The highest BCUT2D eigenvalue weighted by atomic mass is 16.5. The molecule has 51 heavy (non-hydrogen) atoms. The van der Waals surface area contributed by atoms with Gasteiger partial charge >= 0.3 is 18.0 Å². The predicted octanol–water partition coefficient (Wildman–Crippen LogP) is 8.17. The molecular formula is C40H44N4O7. The molecule has 2 unspecified atom stereocenters. The summed E-state index contributed by atoms with van der Waals surface area (Å²) in [5.41, 5.74) is 1.59. The number of hydrogen-bond acceptors (Lipinski definition) is 6. The van der Waals surface area contributed by atoms with Gasteiger partial charge in [-0.1, -0.05) is 74.5 Å². The lowest BCUT2D eigenvalue weighted by atomic mass is 9.79. The van der Waals surface area contributed by atoms with Gasteiger partial charge in [0.05, 0.1) is 12.0 Å². The molecule has 0 saturated heterocycles. The summed E-state index contributed by atoms with van der Waals surface area (Å²) in [6.07, 6.45) is 2.17. The topological polar surface area (TPSA) is 120 Å². The number of imide groups is 1. The van der Waals surface area contributed by atoms with Gasteiger partial charge in [-0.3, -0.25) is 9.59 Å². The van der Waals surface area contributed by atoms with Crippen LogP contribution in [0.1, 0.15) is 50.7 Å². The Balaban J connectivity index is 1.36. The number of urea groups is 2. The smallest absolute Gasteiger partial charge is 0.346 e. The van der Waals surface area contributed by atoms with Crippen LogP contribution in [0, 0.1) is 5.92 Å². The van der Waals surface area contributed by atoms with Crippen LogP contribution in [0.2, 0.25) is 0 Å². The summed E-state index contributed by atoms with van der Waals surface area (Å²) in [6.45, 7) is 4.79. The van der Waals surface area contributed by atoms with E-state index in [9.17, 15) is 24.3 Å². The number of amides is 5. The highest BCUT2D eigenvalue weighted by molar-refractivity contribution is 5.89. The molecule has 2 atom stereocenters. The first-order valence-electron chi connectivity index (χ1n) is 17.3. The molecule has 4 aromatic rings. The number of carboxylic acids is 1. The minimum absolute atomic E-state index is 0.160. The molecule has 0 radical (unpaired) electrons. The van der Waals surface area contributed by atoms with E-state index in [1.165, 1.54) is 4.90 Å². The van der Waals surface area contributed by atoms with E-state index in [1.54, 1.807) is 17.0 Å². The van der Waals surface area contributed by atoms with Gasteiger partial charge in [0, 0.05) is 26.2 Å². The molecule has 0 aromatic heterocycles. The molecule has 1 aliphatic rings. The maximum Gasteiger partial charge on any atom is 0.346 e. The summed E-state index contributed by atoms with van der Waals surface area (Å²) in [6, 6.07) is 31.2. The first-order chi connectivity index (χ1) is 24.8. The molecule has 1 N–H and O–H groups in total. The van der Waals surface area contributed by atoms with E-state index < -0.39 is 30.0 Å². The number of ether oxygens (including phenoxy) is 2. The molecule has 4 aromatic carbocycles. The number of rotatable bonds is 15. The van der Waals surface area contributed by atoms with Gasteiger partial charge in [-0.05, 0) is 85.3 Å². The summed E-state index contributed by atoms with van der Waals surface area (Å²) in [5, 5.41) is 11.8. The van der Waals surface area contributed by atoms with Crippen molar-refractivity contribution in [1.29, 1.82) is 0 Å². The van der Waals surface area contributed by atoms with E-state index in [0.717, 1.165) is 21.1 Å². The number of hydrogen-bond donors (Lipinski definition) is 1. The Bertz CT molecular complexity index is 1740. The fraction of sp³-hybridized carbons (Fsp3) is 0.300. The number of carboxylic acid groups (broad SMARTS) is 1. The monoisotopic (exact) mass is 692 g/mol. The van der Waals surface area contributed by atoms with Gasteiger partial charge in [0.2, 0.25) is 6.41 Å². The Morgan fingerprint density at radius 3 is 1.45 bits per heavy atom. The van der Waals surface area contributed by atoms with Gasteiger partial charge in [0.15, 0.2) is 0 Å². The molecular weight excluding hydrogens is 648 g/mol. The highest BCUT2D eigenvalue weighted by Crippen LogP contribution is 2.35. The van der Waals surface area contributed by atoms with E-state index in [1.807, 2.05) is 111 Å². The zero-order valence-electron chi connectivity index (χ0n) is 29.0. The Morgan fingerprint density at radius 2 is 1.08 bits per heavy atom. The first kappa shape index (κ1) is 36.4. The van der Waals surface area contributed by atoms with Crippen molar-refractivity contribution < 1.29 is 33.8 Å². The third-order valence-electron chi connectivity index (χ3n) is 8.67. The van der Waals surface area contributed by atoms with E-state index in [0.29, 0.717) is 68.2 Å². The Hall–Kier alpha value is -5.84. The summed E-state index contributed by atoms with van der Waals surface area (Å²) in [5.74, 6) is 0.651. The van der Waals surface area contributed by atoms with Gasteiger partial charge in [-0.2, -0.15) is 5.01 Å². The minimum atomic E-state index is -1.08. The summed E-state index contributed by atoms with van der Waals surface area (Å²) < 4.78 is 11.8. The van der Waals surface area contributed by atoms with E-state index in [4.69, 9.17) is 9.47 Å². The van der Waals surface area contributed by atoms with E-state index in [-0.39, 0.29) is 13.1 Å². The van der Waals surface area contributed by atoms with Crippen molar-refractivity contribution in [1.82, 2.24) is 19.8 Å². The van der Waals surface area contributed by atoms with E-state index >= 15 is 0 Å². The van der Waals surface area contributed by atoms with Crippen LogP contribution < -0.4 is 9.47 Å². The lowest BCUT2D eigenvalue weighted by Gasteiger charge is -2.47. The third kappa shape index (κ3) is 9.45. The van der Waals surface area contributed by atoms with Crippen LogP contribution in [0.4, 0.5) is 9.59 Å². The lowest BCUT2D eigenvalue weighted by molar-refractivity contribution is -0.155. The molecule has 266 valence electrons. The predicted molar refractivity (Wildman–Crippen MR) is 192 cm³/mol. The molecule has 0 aliphatic heterocycles. The molecule has 0 heterocycles. The normalized spacial score (nSPS) is 14.8. The van der Waals surface area contributed by atoms with Crippen molar-refractivity contribution in [3.8, 4) is 23.0 Å². The Morgan fingerprint density at radius 1 is 0.647 bits per heavy atom. The Labute approximate surface area is 298 Å². The SMILES string of the molecule is CCCN(Cc1ccc(Oc2ccccc2)cc1)C(=O)N(C=O)N(C(=O)N(CCC)Cc1ccc(Oc2ccccc2)cc1)C1CCC1C(=O)O. The molecule has 5 amide bonds. The van der Waals surface area contributed by atoms with Crippen LogP contribution in [0.3, 0.4) is 0 Å². The van der Waals surface area contributed by atoms with Crippen LogP contribution in [0.25, 0.3) is 0 Å². The lowest BCUT2D eigenvalue weighted by Crippen LogP contribution is -2.64. The second kappa shape index (κ2) is 17.7. The van der Waals surface area contributed by atoms with Gasteiger partial charge in [-0.15, -0.1) is 0 Å². The number of nitrogens with zero attached hydrogens (tertiary/aromatic N) is 4. The van der Waals surface area contributed by atoms with Crippen molar-refractivity contribution in [2.75, 3.05) is 13.1 Å². The highest BCUT2D eigenvalue weighted by Gasteiger charge is 2.47. The summed E-state index contributed by atoms with van der Waals surface area (Å²) >= 11 is 0. The minimum Gasteiger partial charge on any atom is -0.481 e. The van der Waals surface area contributed by atoms with Crippen LogP contribution in [-0.2, 0) is 22.7 Å². The second-order valence-corrected chi connectivity index (χ2v) is 12.4. The second-order valence-electron chi connectivity index (χ2n) is 12.4. The number of benzene rings is 4. The summed E-state index contributed by atoms with van der Waals surface area (Å²) in [7, 11) is 0. The van der Waals surface area contributed by atoms with Gasteiger partial charge < -0.3 is 24.4 Å². The number of para-hydroxylation sites is 2. The zero-order chi connectivity index (χ0) is 36.2. The molecule has 5 rings (SSSR count). The number of aliphatic carboxylic acids is 1. The van der Waals surface area contributed by atoms with Crippen molar-refractivity contribution in [3.05, 3.63) is 120 Å². The molecule has 11 heteroatoms. The van der Waals surface area contributed by atoms with Crippen LogP contribution in [0.15, 0.2) is 109 Å². The first-order valence-corrected chi connectivity index (χ1v) is 17.3. The van der Waals surface area contributed by atoms with Gasteiger partial charge in [0.25, 0.3) is 0 Å². The maximum absolute atomic E-state index is 14.4. The number of hydrazine groups is 1. The molecule has 11 nitrogen and oxygen atoms in total. The summed E-state index contributed by atoms with van der Waals surface area (Å²) in [4.78, 5) is 56.7.